The van der Waals surface area contributed by atoms with Gasteiger partial charge >= 0.3 is 0 Å². The van der Waals surface area contributed by atoms with Crippen LogP contribution >= 0.6 is 0 Å². The predicted molar refractivity (Wildman–Crippen MR) is 149 cm³/mol. The molecule has 5 aromatic rings. The summed E-state index contributed by atoms with van der Waals surface area (Å²) in [4.78, 5) is 0. The van der Waals surface area contributed by atoms with Gasteiger partial charge in [-0.15, -0.1) is 0 Å². The van der Waals surface area contributed by atoms with Crippen molar-refractivity contribution in [2.45, 2.75) is 50.4 Å². The molecule has 2 nitrogen and oxygen atoms in total. The topological polar surface area (TPSA) is 40.5 Å². The Kier molecular flexibility index (Phi) is 5.68. The molecule has 0 saturated heterocycles. The van der Waals surface area contributed by atoms with Crippen molar-refractivity contribution in [1.29, 1.82) is 0 Å². The first-order valence-corrected chi connectivity index (χ1v) is 13.1. The zero-order valence-corrected chi connectivity index (χ0v) is 20.7. The number of rotatable bonds is 4. The maximum atomic E-state index is 11.4. The van der Waals surface area contributed by atoms with Crippen molar-refractivity contribution < 1.29 is 10.2 Å². The lowest BCUT2D eigenvalue weighted by Gasteiger charge is -2.35. The molecule has 2 N–H and O–H groups in total. The minimum absolute atomic E-state index is 0.236. The molecule has 0 aliphatic heterocycles. The molecule has 2 heteroatoms. The normalized spacial score (nSPS) is 14.9. The summed E-state index contributed by atoms with van der Waals surface area (Å²) >= 11 is 0. The van der Waals surface area contributed by atoms with E-state index in [1.165, 1.54) is 37.7 Å². The molecular weight excluding hydrogens is 440 g/mol. The largest absolute Gasteiger partial charge is 0.508 e. The Morgan fingerprint density at radius 2 is 1.08 bits per heavy atom. The van der Waals surface area contributed by atoms with Gasteiger partial charge in [0.05, 0.1) is 5.41 Å². The summed E-state index contributed by atoms with van der Waals surface area (Å²) in [6.45, 7) is 2.14. The van der Waals surface area contributed by atoms with Crippen LogP contribution in [0.5, 0.6) is 11.5 Å². The maximum Gasteiger partial charge on any atom is 0.120 e. The molecule has 0 bridgehead atoms. The highest BCUT2D eigenvalue weighted by molar-refractivity contribution is 5.95. The first kappa shape index (κ1) is 22.7. The predicted octanol–water partition coefficient (Wildman–Crippen LogP) is 8.81. The van der Waals surface area contributed by atoms with Gasteiger partial charge in [-0.3, -0.25) is 0 Å². The maximum absolute atomic E-state index is 11.4. The lowest BCUT2D eigenvalue weighted by atomic mass is 9.67. The lowest BCUT2D eigenvalue weighted by Crippen LogP contribution is -2.26. The smallest absolute Gasteiger partial charge is 0.120 e. The van der Waals surface area contributed by atoms with Gasteiger partial charge in [-0.2, -0.15) is 0 Å². The van der Waals surface area contributed by atoms with Crippen molar-refractivity contribution >= 4 is 21.5 Å². The van der Waals surface area contributed by atoms with E-state index in [1.807, 2.05) is 36.4 Å². The Balaban J connectivity index is 1.65. The SMILES string of the molecule is CC(c1ccc(C2CCCCC2)cc1)(c1c(O)ccc2ccccc12)c1c(O)ccc2ccccc12. The van der Waals surface area contributed by atoms with E-state index < -0.39 is 5.41 Å². The molecule has 1 aliphatic rings. The van der Waals surface area contributed by atoms with Gasteiger partial charge in [0, 0.05) is 11.1 Å². The van der Waals surface area contributed by atoms with E-state index in [1.54, 1.807) is 12.1 Å². The number of aromatic hydroxyl groups is 2. The van der Waals surface area contributed by atoms with Crippen LogP contribution in [0.3, 0.4) is 0 Å². The molecule has 1 saturated carbocycles. The van der Waals surface area contributed by atoms with Crippen LogP contribution in [0.1, 0.15) is 67.2 Å². The van der Waals surface area contributed by atoms with E-state index in [9.17, 15) is 10.2 Å². The third kappa shape index (κ3) is 3.64. The molecule has 0 aromatic heterocycles. The number of phenols is 2. The zero-order valence-electron chi connectivity index (χ0n) is 20.7. The van der Waals surface area contributed by atoms with Crippen molar-refractivity contribution in [3.63, 3.8) is 0 Å². The number of hydrogen-bond donors (Lipinski definition) is 2. The van der Waals surface area contributed by atoms with Crippen molar-refractivity contribution in [3.05, 3.63) is 119 Å². The molecule has 0 atom stereocenters. The summed E-state index contributed by atoms with van der Waals surface area (Å²) in [6, 6.07) is 32.8. The average Bonchev–Trinajstić information content (AvgIpc) is 2.93. The van der Waals surface area contributed by atoms with Crippen LogP contribution in [0.2, 0.25) is 0 Å². The number of hydrogen-bond acceptors (Lipinski definition) is 2. The van der Waals surface area contributed by atoms with Crippen molar-refractivity contribution in [2.24, 2.45) is 0 Å². The fraction of sp³-hybridized carbons (Fsp3) is 0.235. The summed E-state index contributed by atoms with van der Waals surface area (Å²) in [7, 11) is 0. The second-order valence-corrected chi connectivity index (χ2v) is 10.4. The number of phenolic OH excluding ortho intramolecular Hbond substituents is 2. The molecule has 6 rings (SSSR count). The van der Waals surface area contributed by atoms with Gasteiger partial charge < -0.3 is 10.2 Å². The summed E-state index contributed by atoms with van der Waals surface area (Å²) in [5.41, 5.74) is 3.29. The quantitative estimate of drug-likeness (QED) is 0.257. The molecule has 180 valence electrons. The summed E-state index contributed by atoms with van der Waals surface area (Å²) in [5.74, 6) is 1.09. The van der Waals surface area contributed by atoms with Crippen LogP contribution in [0.15, 0.2) is 97.1 Å². The third-order valence-electron chi connectivity index (χ3n) is 8.38. The highest BCUT2D eigenvalue weighted by Crippen LogP contribution is 2.51. The average molecular weight is 473 g/mol. The van der Waals surface area contributed by atoms with Crippen LogP contribution in [-0.2, 0) is 5.41 Å². The summed E-state index contributed by atoms with van der Waals surface area (Å²) in [6.07, 6.45) is 6.46. The molecule has 1 fully saturated rings. The summed E-state index contributed by atoms with van der Waals surface area (Å²) < 4.78 is 0. The molecule has 0 spiro atoms. The van der Waals surface area contributed by atoms with E-state index in [0.717, 1.165) is 38.2 Å². The van der Waals surface area contributed by atoms with Gasteiger partial charge in [-0.25, -0.2) is 0 Å². The van der Waals surface area contributed by atoms with Crippen LogP contribution in [0, 0.1) is 0 Å². The molecule has 1 aliphatic carbocycles. The molecular formula is C34H32O2. The molecule has 0 radical (unpaired) electrons. The molecule has 0 unspecified atom stereocenters. The minimum atomic E-state index is -0.791. The van der Waals surface area contributed by atoms with E-state index in [0.29, 0.717) is 5.92 Å². The third-order valence-corrected chi connectivity index (χ3v) is 8.38. The first-order chi connectivity index (χ1) is 17.6. The minimum Gasteiger partial charge on any atom is -0.508 e. The molecule has 36 heavy (non-hydrogen) atoms. The zero-order chi connectivity index (χ0) is 24.7. The Labute approximate surface area is 212 Å². The van der Waals surface area contributed by atoms with Crippen LogP contribution in [0.4, 0.5) is 0 Å². The fourth-order valence-electron chi connectivity index (χ4n) is 6.51. The van der Waals surface area contributed by atoms with Crippen LogP contribution < -0.4 is 0 Å². The number of benzene rings is 5. The van der Waals surface area contributed by atoms with Gasteiger partial charge in [0.25, 0.3) is 0 Å². The van der Waals surface area contributed by atoms with Gasteiger partial charge in [0.15, 0.2) is 0 Å². The van der Waals surface area contributed by atoms with Crippen molar-refractivity contribution in [1.82, 2.24) is 0 Å². The van der Waals surface area contributed by atoms with E-state index in [-0.39, 0.29) is 11.5 Å². The molecule has 0 amide bonds. The second-order valence-electron chi connectivity index (χ2n) is 10.4. The van der Waals surface area contributed by atoms with Crippen LogP contribution in [-0.4, -0.2) is 10.2 Å². The summed E-state index contributed by atoms with van der Waals surface area (Å²) in [5, 5.41) is 26.9. The van der Waals surface area contributed by atoms with Crippen molar-refractivity contribution in [3.8, 4) is 11.5 Å². The fourth-order valence-corrected chi connectivity index (χ4v) is 6.51. The lowest BCUT2D eigenvalue weighted by molar-refractivity contribution is 0.442. The molecule has 0 heterocycles. The first-order valence-electron chi connectivity index (χ1n) is 13.1. The van der Waals surface area contributed by atoms with Crippen molar-refractivity contribution in [2.75, 3.05) is 0 Å². The monoisotopic (exact) mass is 472 g/mol. The van der Waals surface area contributed by atoms with Gasteiger partial charge in [0.2, 0.25) is 0 Å². The van der Waals surface area contributed by atoms with Gasteiger partial charge in [-0.05, 0) is 70.5 Å². The van der Waals surface area contributed by atoms with Gasteiger partial charge in [0.1, 0.15) is 11.5 Å². The Morgan fingerprint density at radius 3 is 1.61 bits per heavy atom. The van der Waals surface area contributed by atoms with E-state index in [2.05, 4.69) is 55.5 Å². The van der Waals surface area contributed by atoms with Gasteiger partial charge in [-0.1, -0.05) is 104 Å². The Morgan fingerprint density at radius 1 is 0.583 bits per heavy atom. The Bertz CT molecular complexity index is 1460. The second kappa shape index (κ2) is 9.02. The standard InChI is InChI=1S/C34H32O2/c1-34(32-28-13-7-5-11-25(28)17-21-30(32)35,33-29-14-8-6-12-26(29)18-22-31(33)36)27-19-15-24(16-20-27)23-9-3-2-4-10-23/h5-8,11-23,35-36H,2-4,9-10H2,1H3. The van der Waals surface area contributed by atoms with Crippen LogP contribution in [0.25, 0.3) is 21.5 Å². The molecule has 5 aromatic carbocycles. The highest BCUT2D eigenvalue weighted by Gasteiger charge is 2.38. The Hall–Kier alpha value is -3.78. The van der Waals surface area contributed by atoms with E-state index >= 15 is 0 Å². The van der Waals surface area contributed by atoms with E-state index in [4.69, 9.17) is 0 Å². The highest BCUT2D eigenvalue weighted by atomic mass is 16.3. The number of fused-ring (bicyclic) bond motifs is 2.